The van der Waals surface area contributed by atoms with Crippen LogP contribution in [0.4, 0.5) is 0 Å². The van der Waals surface area contributed by atoms with Gasteiger partial charge in [-0.3, -0.25) is 47.9 Å². The summed E-state index contributed by atoms with van der Waals surface area (Å²) in [6.07, 6.45) is -5.47. The van der Waals surface area contributed by atoms with Gasteiger partial charge in [-0.1, -0.05) is 88.4 Å². The molecule has 0 saturated heterocycles. The lowest BCUT2D eigenvalue weighted by Gasteiger charge is -2.30. The number of benzene rings is 2. The van der Waals surface area contributed by atoms with Crippen molar-refractivity contribution in [3.05, 3.63) is 71.8 Å². The third-order valence-electron chi connectivity index (χ3n) is 11.1. The standard InChI is InChI=1S/C48H68N8O16/c1-25(2)22-34(54-46(69)39(26(3)4)56-42(65)30(49)16-19-36(57)58)45(68)53-33(23-28-12-8-6-9-13-28)40(63)47(70)52-31(17-20-37(59)60)43(66)50-27(5)41(64)51-32(18-21-38(61)62)44(67)55-35(48(71)72)24-29-14-10-7-11-15-29/h6-15,25-27,30-35,39-40,63H,16-24,49H2,1-5H3,(H,50,66)(H,51,64)(H,52,70)(H,53,68)(H,54,69)(H,55,67)(H,56,65)(H,57,58)(H,59,60)(H,61,62)(H,71,72)/t27-,30-,31-,32-,33+,34-,35-,39-,40+/m0/s1. The van der Waals surface area contributed by atoms with E-state index in [4.69, 9.17) is 10.8 Å². The van der Waals surface area contributed by atoms with Crippen molar-refractivity contribution in [1.29, 1.82) is 0 Å². The van der Waals surface area contributed by atoms with E-state index >= 15 is 0 Å². The summed E-state index contributed by atoms with van der Waals surface area (Å²) < 4.78 is 0. The number of nitrogens with two attached hydrogens (primary N) is 1. The zero-order valence-electron chi connectivity index (χ0n) is 40.8. The molecule has 24 nitrogen and oxygen atoms in total. The summed E-state index contributed by atoms with van der Waals surface area (Å²) >= 11 is 0. The maximum absolute atomic E-state index is 14.1. The van der Waals surface area contributed by atoms with Crippen LogP contribution in [-0.2, 0) is 65.6 Å². The van der Waals surface area contributed by atoms with Crippen LogP contribution in [0.15, 0.2) is 60.7 Å². The summed E-state index contributed by atoms with van der Waals surface area (Å²) in [7, 11) is 0. The van der Waals surface area contributed by atoms with Crippen molar-refractivity contribution >= 4 is 65.2 Å². The first-order chi connectivity index (χ1) is 33.8. The fraction of sp³-hybridized carbons (Fsp3) is 0.521. The third kappa shape index (κ3) is 22.1. The number of aliphatic hydroxyl groups excluding tert-OH is 1. The number of aliphatic carboxylic acids is 4. The Balaban J connectivity index is 2.34. The van der Waals surface area contributed by atoms with Crippen LogP contribution in [0.25, 0.3) is 0 Å². The highest BCUT2D eigenvalue weighted by molar-refractivity contribution is 5.96. The fourth-order valence-electron chi connectivity index (χ4n) is 7.07. The molecule has 72 heavy (non-hydrogen) atoms. The highest BCUT2D eigenvalue weighted by Gasteiger charge is 2.36. The Morgan fingerprint density at radius 2 is 0.903 bits per heavy atom. The summed E-state index contributed by atoms with van der Waals surface area (Å²) in [6.45, 7) is 7.90. The van der Waals surface area contributed by atoms with Crippen LogP contribution in [0.3, 0.4) is 0 Å². The van der Waals surface area contributed by atoms with E-state index < -0.39 is 158 Å². The Morgan fingerprint density at radius 3 is 1.38 bits per heavy atom. The molecule has 7 amide bonds. The second kappa shape index (κ2) is 30.3. The average molecular weight is 1010 g/mol. The fourth-order valence-corrected chi connectivity index (χ4v) is 7.07. The number of hydrogen-bond acceptors (Lipinski definition) is 13. The molecule has 14 N–H and O–H groups in total. The van der Waals surface area contributed by atoms with Crippen molar-refractivity contribution in [2.24, 2.45) is 17.6 Å². The van der Waals surface area contributed by atoms with Crippen LogP contribution in [0, 0.1) is 11.8 Å². The lowest BCUT2D eigenvalue weighted by molar-refractivity contribution is -0.143. The predicted molar refractivity (Wildman–Crippen MR) is 256 cm³/mol. The zero-order chi connectivity index (χ0) is 54.2. The van der Waals surface area contributed by atoms with E-state index in [0.29, 0.717) is 11.1 Å². The predicted octanol–water partition coefficient (Wildman–Crippen LogP) is -1.05. The maximum Gasteiger partial charge on any atom is 0.326 e. The van der Waals surface area contributed by atoms with E-state index in [0.717, 1.165) is 6.92 Å². The summed E-state index contributed by atoms with van der Waals surface area (Å²) in [6, 6.07) is 4.92. The highest BCUT2D eigenvalue weighted by atomic mass is 16.4. The molecule has 0 saturated carbocycles. The Kier molecular flexibility index (Phi) is 25.5. The number of aliphatic hydroxyl groups is 1. The van der Waals surface area contributed by atoms with Gasteiger partial charge in [-0.2, -0.15) is 0 Å². The van der Waals surface area contributed by atoms with Gasteiger partial charge in [0.25, 0.3) is 5.91 Å². The largest absolute Gasteiger partial charge is 0.481 e. The molecule has 2 aromatic carbocycles. The molecule has 2 aromatic rings. The van der Waals surface area contributed by atoms with Crippen molar-refractivity contribution in [2.45, 2.75) is 147 Å². The normalized spacial score (nSPS) is 14.8. The molecular weight excluding hydrogens is 945 g/mol. The highest BCUT2D eigenvalue weighted by Crippen LogP contribution is 2.13. The molecule has 396 valence electrons. The minimum absolute atomic E-state index is 0.0279. The van der Waals surface area contributed by atoms with Crippen molar-refractivity contribution in [3.63, 3.8) is 0 Å². The first-order valence-corrected chi connectivity index (χ1v) is 23.3. The van der Waals surface area contributed by atoms with Gasteiger partial charge in [0.1, 0.15) is 36.3 Å². The lowest BCUT2D eigenvalue weighted by atomic mass is 9.97. The van der Waals surface area contributed by atoms with Crippen LogP contribution in [0.1, 0.15) is 90.7 Å². The maximum atomic E-state index is 14.1. The zero-order valence-corrected chi connectivity index (χ0v) is 40.8. The molecule has 0 aliphatic carbocycles. The van der Waals surface area contributed by atoms with Gasteiger partial charge in [-0.15, -0.1) is 0 Å². The van der Waals surface area contributed by atoms with Crippen molar-refractivity contribution in [3.8, 4) is 0 Å². The molecular formula is C48H68N8O16. The van der Waals surface area contributed by atoms with Gasteiger partial charge in [0.05, 0.1) is 12.1 Å². The molecule has 0 aromatic heterocycles. The lowest BCUT2D eigenvalue weighted by Crippen LogP contribution is -2.61. The molecule has 2 rings (SSSR count). The number of carbonyl (C=O) groups excluding carboxylic acids is 7. The summed E-state index contributed by atoms with van der Waals surface area (Å²) in [4.78, 5) is 141. The minimum atomic E-state index is -2.15. The first-order valence-electron chi connectivity index (χ1n) is 23.3. The average Bonchev–Trinajstić information content (AvgIpc) is 3.31. The first kappa shape index (κ1) is 60.7. The number of carboxylic acids is 4. The smallest absolute Gasteiger partial charge is 0.326 e. The van der Waals surface area contributed by atoms with Crippen LogP contribution in [0.2, 0.25) is 0 Å². The molecule has 0 unspecified atom stereocenters. The molecule has 0 aliphatic heterocycles. The summed E-state index contributed by atoms with van der Waals surface area (Å²) in [5.74, 6) is -13.0. The van der Waals surface area contributed by atoms with Gasteiger partial charge in [0.15, 0.2) is 6.10 Å². The Labute approximate surface area is 416 Å². The minimum Gasteiger partial charge on any atom is -0.481 e. The van der Waals surface area contributed by atoms with E-state index in [2.05, 4.69) is 37.2 Å². The third-order valence-corrected chi connectivity index (χ3v) is 11.1. The Bertz CT molecular complexity index is 2190. The Hall–Kier alpha value is -7.47. The number of amides is 7. The quantitative estimate of drug-likeness (QED) is 0.0416. The second-order valence-corrected chi connectivity index (χ2v) is 18.0. The molecule has 0 fully saturated rings. The number of nitrogens with one attached hydrogen (secondary N) is 7. The van der Waals surface area contributed by atoms with Crippen LogP contribution >= 0.6 is 0 Å². The Morgan fingerprint density at radius 1 is 0.472 bits per heavy atom. The monoisotopic (exact) mass is 1010 g/mol. The molecule has 0 spiro atoms. The summed E-state index contributed by atoms with van der Waals surface area (Å²) in [5.41, 5.74) is 6.93. The summed E-state index contributed by atoms with van der Waals surface area (Å²) in [5, 5.41) is 66.1. The van der Waals surface area contributed by atoms with Crippen LogP contribution < -0.4 is 43.0 Å². The number of hydrogen-bond donors (Lipinski definition) is 13. The molecule has 24 heteroatoms. The van der Waals surface area contributed by atoms with Crippen molar-refractivity contribution in [1.82, 2.24) is 37.2 Å². The van der Waals surface area contributed by atoms with Gasteiger partial charge >= 0.3 is 23.9 Å². The van der Waals surface area contributed by atoms with E-state index in [1.807, 2.05) is 0 Å². The molecule has 0 aliphatic rings. The topological polar surface area (TPSA) is 399 Å². The van der Waals surface area contributed by atoms with Crippen LogP contribution in [-0.4, -0.2) is 145 Å². The molecule has 9 atom stereocenters. The van der Waals surface area contributed by atoms with Gasteiger partial charge in [0.2, 0.25) is 35.4 Å². The number of carbonyl (C=O) groups is 11. The van der Waals surface area contributed by atoms with E-state index in [9.17, 15) is 73.2 Å². The number of carboxylic acid groups (broad SMARTS) is 4. The van der Waals surface area contributed by atoms with Gasteiger partial charge in [-0.25, -0.2) is 4.79 Å². The van der Waals surface area contributed by atoms with Gasteiger partial charge in [0, 0.05) is 25.7 Å². The number of rotatable bonds is 32. The van der Waals surface area contributed by atoms with E-state index in [1.165, 1.54) is 0 Å². The molecule has 0 heterocycles. The molecule has 0 radical (unpaired) electrons. The van der Waals surface area contributed by atoms with Crippen LogP contribution in [0.5, 0.6) is 0 Å². The van der Waals surface area contributed by atoms with Crippen molar-refractivity contribution < 1.29 is 78.3 Å². The SMILES string of the molecule is CC(C)C[C@H](NC(=O)[C@@H](NC(=O)[C@@H](N)CCC(=O)O)C(C)C)C(=O)N[C@H](Cc1ccccc1)[C@@H](O)C(=O)N[C@@H](CCC(=O)O)C(=O)N[C@@H](C)C(=O)N[C@@H](CCC(=O)O)C(=O)N[C@@H](Cc1ccccc1)C(=O)O. The second-order valence-electron chi connectivity index (χ2n) is 18.0. The van der Waals surface area contributed by atoms with E-state index in [-0.39, 0.29) is 31.6 Å². The van der Waals surface area contributed by atoms with Gasteiger partial charge in [-0.05, 0) is 62.0 Å². The molecule has 0 bridgehead atoms. The van der Waals surface area contributed by atoms with Gasteiger partial charge < -0.3 is 68.5 Å². The van der Waals surface area contributed by atoms with E-state index in [1.54, 1.807) is 88.4 Å². The van der Waals surface area contributed by atoms with Crippen molar-refractivity contribution in [2.75, 3.05) is 0 Å².